The van der Waals surface area contributed by atoms with Crippen LogP contribution in [0.25, 0.3) is 0 Å². The molecule has 0 aromatic heterocycles. The fraction of sp³-hybridized carbons (Fsp3) is 0. The third-order valence-electron chi connectivity index (χ3n) is 0.333. The van der Waals surface area contributed by atoms with Crippen LogP contribution >= 0.6 is 0 Å². The van der Waals surface area contributed by atoms with E-state index in [0.29, 0.717) is 0 Å². The molecule has 0 heterocycles. The van der Waals surface area contributed by atoms with Crippen molar-refractivity contribution in [2.75, 3.05) is 0 Å². The molecule has 0 atom stereocenters. The Kier molecular flexibility index (Phi) is 30.3. The van der Waals surface area contributed by atoms with Gasteiger partial charge in [0.15, 0.2) is 0 Å². The third kappa shape index (κ3) is 32.0. The minimum absolute atomic E-state index is 0. The molecule has 2 N–H and O–H groups in total. The maximum Gasteiger partial charge on any atom is 2.00 e. The number of hydrogen-bond donors (Lipinski definition) is 0. The molecule has 11 heteroatoms. The first-order valence-electron chi connectivity index (χ1n) is 2.13. The zero-order valence-corrected chi connectivity index (χ0v) is 13.1. The van der Waals surface area contributed by atoms with Gasteiger partial charge in [-0.15, -0.1) is 0 Å². The van der Waals surface area contributed by atoms with Crippen molar-refractivity contribution in [3.8, 4) is 0 Å². The normalized spacial score (nSPS) is 5.87. The summed E-state index contributed by atoms with van der Waals surface area (Å²) in [5.74, 6) is -8.74. The van der Waals surface area contributed by atoms with Crippen molar-refractivity contribution in [3.05, 3.63) is 0 Å². The van der Waals surface area contributed by atoms with Crippen LogP contribution < -0.4 is 20.4 Å². The van der Waals surface area contributed by atoms with E-state index in [0.717, 1.165) is 0 Å². The Morgan fingerprint density at radius 2 is 0.600 bits per heavy atom. The average Bonchev–Trinajstić information content (AvgIpc) is 1.88. The number of carboxylic acid groups (broad SMARTS) is 4. The molecule has 0 saturated carbocycles. The van der Waals surface area contributed by atoms with Gasteiger partial charge in [-0.25, -0.2) is 0 Å². The van der Waals surface area contributed by atoms with E-state index < -0.39 is 23.9 Å². The summed E-state index contributed by atoms with van der Waals surface area (Å²) in [4.78, 5) is 35.7. The maximum absolute atomic E-state index is 8.93. The van der Waals surface area contributed by atoms with Crippen LogP contribution in [0.5, 0.6) is 0 Å². The summed E-state index contributed by atoms with van der Waals surface area (Å²) in [6.07, 6.45) is 0. The van der Waals surface area contributed by atoms with Gasteiger partial charge in [0, 0.05) is 0 Å². The van der Waals surface area contributed by atoms with E-state index in [-0.39, 0.29) is 44.4 Å². The van der Waals surface area contributed by atoms with Crippen molar-refractivity contribution in [1.29, 1.82) is 0 Å². The molecule has 9 nitrogen and oxygen atoms in total. The van der Waals surface area contributed by atoms with E-state index in [4.69, 9.17) is 39.6 Å². The topological polar surface area (TPSA) is 192 Å². The number of aliphatic carboxylic acids is 4. The zero-order valence-electron chi connectivity index (χ0n) is 7.18. The van der Waals surface area contributed by atoms with Gasteiger partial charge in [0.05, 0.1) is 23.9 Å². The predicted octanol–water partition coefficient (Wildman–Crippen LogP) is -7.86. The summed E-state index contributed by atoms with van der Waals surface area (Å²) in [6.45, 7) is 0. The monoisotopic (exact) mass is 322 g/mol. The standard InChI is InChI=1S/2C2H2O4.H2O.2Zn/c2*3-1(4)2(5)6;;;/h2*(H,3,4)(H,5,6);1H2;;/q;;;2*+2/p-4. The zero-order chi connectivity index (χ0) is 10.3. The Balaban J connectivity index is -0.0000000370. The first-order valence-corrected chi connectivity index (χ1v) is 2.13. The first-order chi connectivity index (χ1) is 5.29. The molecular formula is C4H2O9Zn2. The Morgan fingerprint density at radius 3 is 0.600 bits per heavy atom. The molecule has 76 valence electrons. The van der Waals surface area contributed by atoms with Crippen LogP contribution in [0.1, 0.15) is 0 Å². The van der Waals surface area contributed by atoms with Gasteiger partial charge >= 0.3 is 39.0 Å². The fourth-order valence-corrected chi connectivity index (χ4v) is 0. The van der Waals surface area contributed by atoms with E-state index in [9.17, 15) is 0 Å². The van der Waals surface area contributed by atoms with Crippen molar-refractivity contribution in [1.82, 2.24) is 0 Å². The van der Waals surface area contributed by atoms with Gasteiger partial charge in [-0.05, 0) is 0 Å². The van der Waals surface area contributed by atoms with Crippen molar-refractivity contribution in [3.63, 3.8) is 0 Å². The predicted molar refractivity (Wildman–Crippen MR) is 23.6 cm³/mol. The molecule has 0 aliphatic rings. The molecule has 0 radical (unpaired) electrons. The minimum Gasteiger partial charge on any atom is -0.543 e. The molecule has 0 bridgehead atoms. The Bertz CT molecular complexity index is 176. The molecule has 0 rings (SSSR count). The SMILES string of the molecule is O.O=C([O-])C(=O)[O-].O=C([O-])C(=O)[O-].[Zn+2].[Zn+2]. The van der Waals surface area contributed by atoms with Gasteiger partial charge in [0.1, 0.15) is 0 Å². The van der Waals surface area contributed by atoms with Crippen LogP contribution in [0.3, 0.4) is 0 Å². The molecule has 0 aromatic carbocycles. The maximum atomic E-state index is 8.93. The molecule has 0 aromatic rings. The number of carbonyl (C=O) groups is 4. The second kappa shape index (κ2) is 15.6. The van der Waals surface area contributed by atoms with Gasteiger partial charge in [-0.2, -0.15) is 0 Å². The molecular weight excluding hydrogens is 323 g/mol. The molecule has 15 heavy (non-hydrogen) atoms. The van der Waals surface area contributed by atoms with Crippen molar-refractivity contribution >= 4 is 23.9 Å². The number of carboxylic acids is 4. The molecule has 0 saturated heterocycles. The largest absolute Gasteiger partial charge is 2.00 e. The quantitative estimate of drug-likeness (QED) is 0.309. The number of carbonyl (C=O) groups excluding carboxylic acids is 4. The molecule has 0 unspecified atom stereocenters. The van der Waals surface area contributed by atoms with Gasteiger partial charge in [-0.1, -0.05) is 0 Å². The van der Waals surface area contributed by atoms with Crippen LogP contribution in [-0.2, 0) is 58.1 Å². The van der Waals surface area contributed by atoms with Crippen molar-refractivity contribution < 1.29 is 84.0 Å². The van der Waals surface area contributed by atoms with E-state index in [1.54, 1.807) is 0 Å². The molecule has 0 amide bonds. The molecule has 0 aliphatic heterocycles. The van der Waals surface area contributed by atoms with Gasteiger partial charge in [0.2, 0.25) is 0 Å². The molecule has 0 spiro atoms. The summed E-state index contributed by atoms with van der Waals surface area (Å²) >= 11 is 0. The van der Waals surface area contributed by atoms with Crippen LogP contribution in [0.4, 0.5) is 0 Å². The second-order valence-electron chi connectivity index (χ2n) is 1.15. The first kappa shape index (κ1) is 29.2. The fourth-order valence-electron chi connectivity index (χ4n) is 0. The van der Waals surface area contributed by atoms with Crippen LogP contribution in [0.2, 0.25) is 0 Å². The smallest absolute Gasteiger partial charge is 0.543 e. The summed E-state index contributed by atoms with van der Waals surface area (Å²) < 4.78 is 0. The molecule has 0 aliphatic carbocycles. The van der Waals surface area contributed by atoms with Crippen LogP contribution in [-0.4, -0.2) is 29.4 Å². The second-order valence-corrected chi connectivity index (χ2v) is 1.15. The average molecular weight is 325 g/mol. The number of rotatable bonds is 0. The van der Waals surface area contributed by atoms with Gasteiger partial charge in [0.25, 0.3) is 0 Å². The summed E-state index contributed by atoms with van der Waals surface area (Å²) in [5, 5.41) is 35.7. The van der Waals surface area contributed by atoms with E-state index in [2.05, 4.69) is 0 Å². The summed E-state index contributed by atoms with van der Waals surface area (Å²) in [5.41, 5.74) is 0. The van der Waals surface area contributed by atoms with Gasteiger partial charge in [-0.3, -0.25) is 0 Å². The summed E-state index contributed by atoms with van der Waals surface area (Å²) in [7, 11) is 0. The van der Waals surface area contributed by atoms with E-state index in [1.165, 1.54) is 0 Å². The van der Waals surface area contributed by atoms with Crippen molar-refractivity contribution in [2.24, 2.45) is 0 Å². The Morgan fingerprint density at radius 1 is 0.533 bits per heavy atom. The minimum atomic E-state index is -2.19. The van der Waals surface area contributed by atoms with E-state index in [1.807, 2.05) is 0 Å². The van der Waals surface area contributed by atoms with Crippen LogP contribution in [0, 0.1) is 0 Å². The van der Waals surface area contributed by atoms with Crippen molar-refractivity contribution in [2.45, 2.75) is 0 Å². The van der Waals surface area contributed by atoms with Crippen LogP contribution in [0.15, 0.2) is 0 Å². The van der Waals surface area contributed by atoms with Gasteiger partial charge < -0.3 is 45.1 Å². The Labute approximate surface area is 108 Å². The summed E-state index contributed by atoms with van der Waals surface area (Å²) in [6, 6.07) is 0. The third-order valence-corrected chi connectivity index (χ3v) is 0.333. The Hall–Kier alpha value is -0.913. The van der Waals surface area contributed by atoms with E-state index >= 15 is 0 Å². The number of hydrogen-bond acceptors (Lipinski definition) is 8. The molecule has 0 fully saturated rings.